The van der Waals surface area contributed by atoms with Gasteiger partial charge in [-0.3, -0.25) is 9.59 Å². The zero-order valence-corrected chi connectivity index (χ0v) is 11.0. The fourth-order valence-electron chi connectivity index (χ4n) is 3.23. The third kappa shape index (κ3) is 2.17. The van der Waals surface area contributed by atoms with Crippen LogP contribution in [0.1, 0.15) is 35.2 Å². The van der Waals surface area contributed by atoms with E-state index in [4.69, 9.17) is 5.11 Å². The highest BCUT2D eigenvalue weighted by Crippen LogP contribution is 2.31. The predicted octanol–water partition coefficient (Wildman–Crippen LogP) is 2.08. The lowest BCUT2D eigenvalue weighted by molar-refractivity contribution is -0.143. The number of rotatable bonds is 1. The molecule has 2 aliphatic rings. The van der Waals surface area contributed by atoms with Crippen molar-refractivity contribution < 1.29 is 19.1 Å². The molecule has 5 heteroatoms. The molecule has 1 fully saturated rings. The Labute approximate surface area is 116 Å². The largest absolute Gasteiger partial charge is 0.481 e. The van der Waals surface area contributed by atoms with E-state index >= 15 is 0 Å². The number of carboxylic acid groups (broad SMARTS) is 1. The van der Waals surface area contributed by atoms with Crippen LogP contribution in [-0.2, 0) is 11.2 Å². The molecule has 106 valence electrons. The fraction of sp³-hybridized carbons (Fsp3) is 0.467. The van der Waals surface area contributed by atoms with Crippen molar-refractivity contribution in [2.45, 2.75) is 31.7 Å². The first-order valence-electron chi connectivity index (χ1n) is 6.88. The van der Waals surface area contributed by atoms with Gasteiger partial charge in [0, 0.05) is 18.2 Å². The van der Waals surface area contributed by atoms with Crippen molar-refractivity contribution in [1.29, 1.82) is 0 Å². The molecular weight excluding hydrogens is 261 g/mol. The number of hydrogen-bond acceptors (Lipinski definition) is 2. The number of carboxylic acids is 1. The van der Waals surface area contributed by atoms with Crippen molar-refractivity contribution in [2.75, 3.05) is 6.54 Å². The van der Waals surface area contributed by atoms with Gasteiger partial charge in [0.05, 0.1) is 5.92 Å². The number of fused-ring (bicyclic) bond motifs is 2. The lowest BCUT2D eigenvalue weighted by Crippen LogP contribution is -2.47. The first-order chi connectivity index (χ1) is 9.56. The number of halogens is 1. The summed E-state index contributed by atoms with van der Waals surface area (Å²) < 4.78 is 13.3. The van der Waals surface area contributed by atoms with Crippen molar-refractivity contribution in [1.82, 2.24) is 4.90 Å². The van der Waals surface area contributed by atoms with E-state index in [9.17, 15) is 14.0 Å². The van der Waals surface area contributed by atoms with Gasteiger partial charge in [-0.05, 0) is 49.4 Å². The third-order valence-electron chi connectivity index (χ3n) is 4.36. The summed E-state index contributed by atoms with van der Waals surface area (Å²) in [5, 5.41) is 9.13. The zero-order valence-electron chi connectivity index (χ0n) is 11.0. The van der Waals surface area contributed by atoms with Crippen LogP contribution in [0.3, 0.4) is 0 Å². The summed E-state index contributed by atoms with van der Waals surface area (Å²) in [7, 11) is 0. The SMILES string of the molecule is O=C(O)[C@@H]1CC[C@@H]2CCc3cc(F)ccc3C(=O)N2C1. The molecule has 0 saturated carbocycles. The standard InChI is InChI=1S/C15H16FNO3/c16-11-3-6-13-9(7-11)1-4-12-5-2-10(15(19)20)8-17(12)14(13)18/h3,6-7,10,12H,1-2,4-5,8H2,(H,19,20)/t10-,12+/m1/s1. The monoisotopic (exact) mass is 277 g/mol. The Hall–Kier alpha value is -1.91. The molecule has 0 radical (unpaired) electrons. The lowest BCUT2D eigenvalue weighted by atomic mass is 9.91. The number of amides is 1. The fourth-order valence-corrected chi connectivity index (χ4v) is 3.23. The summed E-state index contributed by atoms with van der Waals surface area (Å²) in [4.78, 5) is 25.4. The maximum absolute atomic E-state index is 13.3. The van der Waals surface area contributed by atoms with E-state index in [1.807, 2.05) is 0 Å². The number of carbonyl (C=O) groups is 2. The third-order valence-corrected chi connectivity index (χ3v) is 4.36. The van der Waals surface area contributed by atoms with Crippen LogP contribution < -0.4 is 0 Å². The number of piperidine rings is 1. The van der Waals surface area contributed by atoms with Crippen molar-refractivity contribution in [2.24, 2.45) is 5.92 Å². The molecular formula is C15H16FNO3. The second kappa shape index (κ2) is 4.89. The van der Waals surface area contributed by atoms with Crippen LogP contribution in [0.25, 0.3) is 0 Å². The Morgan fingerprint density at radius 3 is 2.85 bits per heavy atom. The Morgan fingerprint density at radius 2 is 2.10 bits per heavy atom. The summed E-state index contributed by atoms with van der Waals surface area (Å²) in [6, 6.07) is 4.30. The number of hydrogen-bond donors (Lipinski definition) is 1. The van der Waals surface area contributed by atoms with Gasteiger partial charge in [-0.25, -0.2) is 4.39 Å². The second-order valence-electron chi connectivity index (χ2n) is 5.56. The average Bonchev–Trinajstić information content (AvgIpc) is 2.56. The van der Waals surface area contributed by atoms with Gasteiger partial charge < -0.3 is 10.0 Å². The highest BCUT2D eigenvalue weighted by atomic mass is 19.1. The van der Waals surface area contributed by atoms with Gasteiger partial charge in [-0.1, -0.05) is 0 Å². The van der Waals surface area contributed by atoms with Crippen LogP contribution in [0, 0.1) is 11.7 Å². The van der Waals surface area contributed by atoms with E-state index in [1.165, 1.54) is 18.2 Å². The van der Waals surface area contributed by atoms with Crippen molar-refractivity contribution >= 4 is 11.9 Å². The average molecular weight is 277 g/mol. The molecule has 0 bridgehead atoms. The molecule has 0 unspecified atom stereocenters. The molecule has 1 amide bonds. The smallest absolute Gasteiger partial charge is 0.308 e. The van der Waals surface area contributed by atoms with Crippen molar-refractivity contribution in [3.8, 4) is 0 Å². The molecule has 4 nitrogen and oxygen atoms in total. The van der Waals surface area contributed by atoms with E-state index in [0.29, 0.717) is 24.8 Å². The number of aryl methyl sites for hydroxylation is 1. The molecule has 2 aliphatic heterocycles. The molecule has 1 aromatic carbocycles. The first kappa shape index (κ1) is 13.1. The van der Waals surface area contributed by atoms with Gasteiger partial charge in [0.1, 0.15) is 5.82 Å². The van der Waals surface area contributed by atoms with Gasteiger partial charge >= 0.3 is 5.97 Å². The van der Waals surface area contributed by atoms with E-state index in [-0.39, 0.29) is 24.3 Å². The van der Waals surface area contributed by atoms with Crippen LogP contribution in [0.4, 0.5) is 4.39 Å². The van der Waals surface area contributed by atoms with E-state index in [1.54, 1.807) is 4.90 Å². The van der Waals surface area contributed by atoms with E-state index < -0.39 is 11.9 Å². The summed E-state index contributed by atoms with van der Waals surface area (Å²) >= 11 is 0. The zero-order chi connectivity index (χ0) is 14.3. The normalized spacial score (nSPS) is 25.6. The number of benzene rings is 1. The highest BCUT2D eigenvalue weighted by Gasteiger charge is 2.37. The highest BCUT2D eigenvalue weighted by molar-refractivity contribution is 5.96. The van der Waals surface area contributed by atoms with Crippen molar-refractivity contribution in [3.63, 3.8) is 0 Å². The van der Waals surface area contributed by atoms with Crippen molar-refractivity contribution in [3.05, 3.63) is 35.1 Å². The van der Waals surface area contributed by atoms with Crippen LogP contribution in [0.15, 0.2) is 18.2 Å². The quantitative estimate of drug-likeness (QED) is 0.855. The van der Waals surface area contributed by atoms with Gasteiger partial charge in [0.15, 0.2) is 0 Å². The van der Waals surface area contributed by atoms with Gasteiger partial charge in [0.2, 0.25) is 0 Å². The van der Waals surface area contributed by atoms with Crippen LogP contribution in [0.5, 0.6) is 0 Å². The Bertz CT molecular complexity index is 572. The minimum atomic E-state index is -0.847. The van der Waals surface area contributed by atoms with Crippen LogP contribution in [0.2, 0.25) is 0 Å². The summed E-state index contributed by atoms with van der Waals surface area (Å²) in [6.07, 6.45) is 2.75. The molecule has 2 heterocycles. The summed E-state index contributed by atoms with van der Waals surface area (Å²) in [6.45, 7) is 0.260. The second-order valence-corrected chi connectivity index (χ2v) is 5.56. The topological polar surface area (TPSA) is 57.6 Å². The molecule has 0 aromatic heterocycles. The Morgan fingerprint density at radius 1 is 1.30 bits per heavy atom. The number of aliphatic carboxylic acids is 1. The minimum Gasteiger partial charge on any atom is -0.481 e. The molecule has 0 spiro atoms. The Balaban J connectivity index is 1.93. The van der Waals surface area contributed by atoms with Gasteiger partial charge in [0.25, 0.3) is 5.91 Å². The maximum Gasteiger partial charge on any atom is 0.308 e. The molecule has 20 heavy (non-hydrogen) atoms. The minimum absolute atomic E-state index is 0.0774. The van der Waals surface area contributed by atoms with Gasteiger partial charge in [-0.2, -0.15) is 0 Å². The van der Waals surface area contributed by atoms with E-state index in [2.05, 4.69) is 0 Å². The van der Waals surface area contributed by atoms with Crippen LogP contribution >= 0.6 is 0 Å². The summed E-state index contributed by atoms with van der Waals surface area (Å²) in [5.74, 6) is -1.83. The molecule has 0 aliphatic carbocycles. The Kier molecular flexibility index (Phi) is 3.20. The van der Waals surface area contributed by atoms with Gasteiger partial charge in [-0.15, -0.1) is 0 Å². The molecule has 1 aromatic rings. The molecule has 1 saturated heterocycles. The number of nitrogens with zero attached hydrogens (tertiary/aromatic N) is 1. The predicted molar refractivity (Wildman–Crippen MR) is 69.9 cm³/mol. The summed E-state index contributed by atoms with van der Waals surface area (Å²) in [5.41, 5.74) is 1.25. The molecule has 2 atom stereocenters. The number of carbonyl (C=O) groups excluding carboxylic acids is 1. The maximum atomic E-state index is 13.3. The lowest BCUT2D eigenvalue weighted by Gasteiger charge is -2.37. The molecule has 1 N–H and O–H groups in total. The first-order valence-corrected chi connectivity index (χ1v) is 6.88. The van der Waals surface area contributed by atoms with Crippen LogP contribution in [-0.4, -0.2) is 34.5 Å². The van der Waals surface area contributed by atoms with E-state index in [0.717, 1.165) is 12.0 Å². The molecule has 3 rings (SSSR count).